The molecule has 4 rings (SSSR count). The quantitative estimate of drug-likeness (QED) is 0.703. The molecular formula is C19H18N4O4S. The lowest BCUT2D eigenvalue weighted by atomic mass is 10.2. The molecule has 0 spiro atoms. The highest BCUT2D eigenvalue weighted by Gasteiger charge is 2.30. The Hall–Kier alpha value is -3.20. The Morgan fingerprint density at radius 3 is 2.50 bits per heavy atom. The van der Waals surface area contributed by atoms with Crippen LogP contribution in [0.25, 0.3) is 0 Å². The van der Waals surface area contributed by atoms with Gasteiger partial charge in [0.05, 0.1) is 4.90 Å². The molecule has 1 heterocycles. The number of hydrogen-bond donors (Lipinski definition) is 3. The van der Waals surface area contributed by atoms with Crippen LogP contribution in [0.2, 0.25) is 0 Å². The first-order valence-corrected chi connectivity index (χ1v) is 10.3. The highest BCUT2D eigenvalue weighted by Crippen LogP contribution is 2.22. The molecule has 8 nitrogen and oxygen atoms in total. The van der Waals surface area contributed by atoms with E-state index in [1.54, 1.807) is 42.5 Å². The Balaban J connectivity index is 1.38. The summed E-state index contributed by atoms with van der Waals surface area (Å²) in [6.45, 7) is -0.240. The maximum absolute atomic E-state index is 12.1. The van der Waals surface area contributed by atoms with Crippen molar-refractivity contribution in [3.8, 4) is 0 Å². The summed E-state index contributed by atoms with van der Waals surface area (Å²) in [4.78, 5) is 28.3. The maximum Gasteiger partial charge on any atom is 0.263 e. The number of nitrogens with zero attached hydrogens (tertiary/aromatic N) is 1. The predicted molar refractivity (Wildman–Crippen MR) is 104 cm³/mol. The van der Waals surface area contributed by atoms with Gasteiger partial charge in [0.2, 0.25) is 5.91 Å². The van der Waals surface area contributed by atoms with Crippen molar-refractivity contribution in [3.05, 3.63) is 59.7 Å². The molecule has 0 saturated heterocycles. The van der Waals surface area contributed by atoms with Gasteiger partial charge >= 0.3 is 0 Å². The number of rotatable bonds is 5. The van der Waals surface area contributed by atoms with Gasteiger partial charge in [0.1, 0.15) is 12.4 Å². The minimum Gasteiger partial charge on any atom is -0.349 e. The van der Waals surface area contributed by atoms with E-state index in [0.29, 0.717) is 16.8 Å². The van der Waals surface area contributed by atoms with Crippen LogP contribution in [0.1, 0.15) is 28.8 Å². The standard InChI is InChI=1S/C19H18N4O4S/c24-17(11-20-18-15-3-1-2-4-16(15)28(26,27)23-18)21-13-7-5-12(6-8-13)19(25)22-14-9-10-14/h1-8,14H,9-11H2,(H,20,23)(H,21,24)(H,22,25). The van der Waals surface area contributed by atoms with Crippen LogP contribution in [-0.4, -0.2) is 38.7 Å². The number of fused-ring (bicyclic) bond motifs is 1. The van der Waals surface area contributed by atoms with Crippen molar-refractivity contribution in [2.45, 2.75) is 23.8 Å². The number of carbonyl (C=O) groups excluding carboxylic acids is 2. The predicted octanol–water partition coefficient (Wildman–Crippen LogP) is 1.26. The molecule has 9 heteroatoms. The van der Waals surface area contributed by atoms with Crippen LogP contribution in [0, 0.1) is 0 Å². The molecule has 2 aromatic carbocycles. The van der Waals surface area contributed by atoms with Gasteiger partial charge in [0, 0.05) is 22.9 Å². The molecule has 1 saturated carbocycles. The fraction of sp³-hybridized carbons (Fsp3) is 0.211. The number of hydrogen-bond acceptors (Lipinski definition) is 5. The summed E-state index contributed by atoms with van der Waals surface area (Å²) in [6, 6.07) is 13.3. The topological polar surface area (TPSA) is 117 Å². The number of nitrogens with one attached hydrogen (secondary N) is 3. The van der Waals surface area contributed by atoms with E-state index >= 15 is 0 Å². The molecule has 1 fully saturated rings. The second-order valence-corrected chi connectivity index (χ2v) is 8.29. The maximum atomic E-state index is 12.1. The van der Waals surface area contributed by atoms with E-state index in [4.69, 9.17) is 0 Å². The van der Waals surface area contributed by atoms with Crippen molar-refractivity contribution in [2.24, 2.45) is 4.99 Å². The number of anilines is 1. The van der Waals surface area contributed by atoms with Crippen LogP contribution in [0.3, 0.4) is 0 Å². The number of aliphatic imine (C=N–C) groups is 1. The Morgan fingerprint density at radius 1 is 1.07 bits per heavy atom. The molecule has 1 aliphatic carbocycles. The zero-order chi connectivity index (χ0) is 19.7. The van der Waals surface area contributed by atoms with E-state index in [-0.39, 0.29) is 29.2 Å². The summed E-state index contributed by atoms with van der Waals surface area (Å²) < 4.78 is 26.4. The summed E-state index contributed by atoms with van der Waals surface area (Å²) in [5.74, 6) is -0.372. The summed E-state index contributed by atoms with van der Waals surface area (Å²) in [7, 11) is -3.63. The van der Waals surface area contributed by atoms with E-state index in [0.717, 1.165) is 12.8 Å². The highest BCUT2D eigenvalue weighted by molar-refractivity contribution is 7.90. The SMILES string of the molecule is O=C(CN=C1NS(=O)(=O)c2ccccc21)Nc1ccc(C(=O)NC2CC2)cc1. The molecule has 2 amide bonds. The van der Waals surface area contributed by atoms with Crippen LogP contribution in [0.15, 0.2) is 58.4 Å². The Bertz CT molecular complexity index is 1070. The van der Waals surface area contributed by atoms with E-state index in [9.17, 15) is 18.0 Å². The van der Waals surface area contributed by atoms with Crippen LogP contribution < -0.4 is 15.4 Å². The van der Waals surface area contributed by atoms with E-state index in [1.807, 2.05) is 0 Å². The van der Waals surface area contributed by atoms with Crippen molar-refractivity contribution in [1.29, 1.82) is 0 Å². The molecule has 0 bridgehead atoms. The fourth-order valence-electron chi connectivity index (χ4n) is 2.80. The molecule has 1 aliphatic heterocycles. The number of sulfonamides is 1. The molecule has 0 radical (unpaired) electrons. The molecular weight excluding hydrogens is 380 g/mol. The third-order valence-electron chi connectivity index (χ3n) is 4.39. The monoisotopic (exact) mass is 398 g/mol. The van der Waals surface area contributed by atoms with Gasteiger partial charge in [0.15, 0.2) is 0 Å². The zero-order valence-corrected chi connectivity index (χ0v) is 15.6. The number of carbonyl (C=O) groups is 2. The number of amides is 2. The van der Waals surface area contributed by atoms with Crippen molar-refractivity contribution in [2.75, 3.05) is 11.9 Å². The fourth-order valence-corrected chi connectivity index (χ4v) is 4.05. The molecule has 0 unspecified atom stereocenters. The average Bonchev–Trinajstić information content (AvgIpc) is 3.45. The summed E-state index contributed by atoms with van der Waals surface area (Å²) in [6.07, 6.45) is 2.03. The van der Waals surface area contributed by atoms with Gasteiger partial charge in [0.25, 0.3) is 15.9 Å². The minimum atomic E-state index is -3.63. The van der Waals surface area contributed by atoms with E-state index in [1.165, 1.54) is 6.07 Å². The summed E-state index contributed by atoms with van der Waals surface area (Å²) in [5.41, 5.74) is 1.50. The van der Waals surface area contributed by atoms with Crippen LogP contribution in [0.5, 0.6) is 0 Å². The lowest BCUT2D eigenvalue weighted by Crippen LogP contribution is -2.25. The third-order valence-corrected chi connectivity index (χ3v) is 5.78. The molecule has 28 heavy (non-hydrogen) atoms. The van der Waals surface area contributed by atoms with Gasteiger partial charge in [-0.1, -0.05) is 12.1 Å². The molecule has 0 aromatic heterocycles. The normalized spacial score (nSPS) is 18.2. The average molecular weight is 398 g/mol. The van der Waals surface area contributed by atoms with Gasteiger partial charge in [-0.15, -0.1) is 0 Å². The van der Waals surface area contributed by atoms with E-state index in [2.05, 4.69) is 20.3 Å². The van der Waals surface area contributed by atoms with Crippen LogP contribution in [0.4, 0.5) is 5.69 Å². The largest absolute Gasteiger partial charge is 0.349 e. The van der Waals surface area contributed by atoms with Crippen LogP contribution in [-0.2, 0) is 14.8 Å². The van der Waals surface area contributed by atoms with Crippen molar-refractivity contribution in [3.63, 3.8) is 0 Å². The first kappa shape index (κ1) is 18.2. The van der Waals surface area contributed by atoms with Crippen LogP contribution >= 0.6 is 0 Å². The molecule has 0 atom stereocenters. The second-order valence-electron chi connectivity index (χ2n) is 6.64. The second kappa shape index (κ2) is 7.08. The molecule has 2 aromatic rings. The first-order chi connectivity index (χ1) is 13.4. The summed E-state index contributed by atoms with van der Waals surface area (Å²) >= 11 is 0. The highest BCUT2D eigenvalue weighted by atomic mass is 32.2. The molecule has 3 N–H and O–H groups in total. The van der Waals surface area contributed by atoms with Gasteiger partial charge in [-0.2, -0.15) is 0 Å². The van der Waals surface area contributed by atoms with Gasteiger partial charge in [-0.05, 0) is 49.2 Å². The van der Waals surface area contributed by atoms with Gasteiger partial charge in [-0.25, -0.2) is 8.42 Å². The summed E-state index contributed by atoms with van der Waals surface area (Å²) in [5, 5.41) is 5.57. The molecule has 144 valence electrons. The van der Waals surface area contributed by atoms with Crippen molar-refractivity contribution < 1.29 is 18.0 Å². The first-order valence-electron chi connectivity index (χ1n) is 8.80. The number of benzene rings is 2. The Morgan fingerprint density at radius 2 is 1.79 bits per heavy atom. The Kier molecular flexibility index (Phi) is 4.60. The molecule has 2 aliphatic rings. The van der Waals surface area contributed by atoms with Crippen molar-refractivity contribution in [1.82, 2.24) is 10.0 Å². The lowest BCUT2D eigenvalue weighted by Gasteiger charge is -2.06. The smallest absolute Gasteiger partial charge is 0.263 e. The Labute approximate surface area is 162 Å². The minimum absolute atomic E-state index is 0.126. The zero-order valence-electron chi connectivity index (χ0n) is 14.8. The lowest BCUT2D eigenvalue weighted by molar-refractivity contribution is -0.114. The van der Waals surface area contributed by atoms with Crippen molar-refractivity contribution >= 4 is 33.4 Å². The van der Waals surface area contributed by atoms with Gasteiger partial charge in [-0.3, -0.25) is 19.3 Å². The van der Waals surface area contributed by atoms with E-state index < -0.39 is 15.9 Å². The number of amidine groups is 1. The van der Waals surface area contributed by atoms with Gasteiger partial charge < -0.3 is 10.6 Å². The third kappa shape index (κ3) is 3.89.